The van der Waals surface area contributed by atoms with Gasteiger partial charge < -0.3 is 10.6 Å². The highest BCUT2D eigenvalue weighted by atomic mass is 32.2. The molecule has 0 atom stereocenters. The molecular weight excluding hydrogens is 248 g/mol. The van der Waals surface area contributed by atoms with E-state index in [4.69, 9.17) is 5.73 Å². The van der Waals surface area contributed by atoms with Crippen molar-refractivity contribution in [3.63, 3.8) is 0 Å². The number of benzene rings is 1. The second-order valence-corrected chi connectivity index (χ2v) is 6.97. The highest BCUT2D eigenvalue weighted by Crippen LogP contribution is 2.20. The summed E-state index contributed by atoms with van der Waals surface area (Å²) < 4.78 is 22.3. The molecule has 0 unspecified atom stereocenters. The molecule has 1 aromatic rings. The summed E-state index contributed by atoms with van der Waals surface area (Å²) in [6.45, 7) is 3.19. The molecule has 0 radical (unpaired) electrons. The molecule has 0 spiro atoms. The number of aryl methyl sites for hydroxylation is 1. The molecule has 0 heterocycles. The van der Waals surface area contributed by atoms with Crippen LogP contribution in [-0.2, 0) is 16.3 Å². The molecule has 0 saturated heterocycles. The van der Waals surface area contributed by atoms with E-state index in [1.165, 1.54) is 11.8 Å². The van der Waals surface area contributed by atoms with Crippen LogP contribution in [0.15, 0.2) is 18.2 Å². The van der Waals surface area contributed by atoms with Crippen LogP contribution < -0.4 is 10.6 Å². The van der Waals surface area contributed by atoms with Crippen molar-refractivity contribution >= 4 is 15.5 Å². The molecule has 4 nitrogen and oxygen atoms in total. The lowest BCUT2D eigenvalue weighted by Crippen LogP contribution is -2.25. The van der Waals surface area contributed by atoms with Crippen LogP contribution in [0.3, 0.4) is 0 Å². The summed E-state index contributed by atoms with van der Waals surface area (Å²) >= 11 is 0. The van der Waals surface area contributed by atoms with Crippen molar-refractivity contribution in [3.05, 3.63) is 29.3 Å². The first-order chi connectivity index (χ1) is 8.33. The molecule has 5 heteroatoms. The Morgan fingerprint density at radius 2 is 2.00 bits per heavy atom. The van der Waals surface area contributed by atoms with Gasteiger partial charge in [-0.05, 0) is 37.1 Å². The largest absolute Gasteiger partial charge is 0.373 e. The molecule has 0 fully saturated rings. The summed E-state index contributed by atoms with van der Waals surface area (Å²) in [4.78, 5) is 1.97. The van der Waals surface area contributed by atoms with Crippen LogP contribution in [0.5, 0.6) is 0 Å². The number of nitrogens with zero attached hydrogens (tertiary/aromatic N) is 1. The molecule has 0 aromatic heterocycles. The smallest absolute Gasteiger partial charge is 0.149 e. The Labute approximate surface area is 110 Å². The zero-order valence-electron chi connectivity index (χ0n) is 11.3. The molecule has 18 heavy (non-hydrogen) atoms. The van der Waals surface area contributed by atoms with Crippen molar-refractivity contribution < 1.29 is 8.42 Å². The Kier molecular flexibility index (Phi) is 5.16. The van der Waals surface area contributed by atoms with Crippen LogP contribution in [0.2, 0.25) is 0 Å². The molecule has 1 rings (SSSR count). The van der Waals surface area contributed by atoms with Gasteiger partial charge >= 0.3 is 0 Å². The van der Waals surface area contributed by atoms with Gasteiger partial charge in [-0.3, -0.25) is 0 Å². The van der Waals surface area contributed by atoms with Gasteiger partial charge in [0.2, 0.25) is 0 Å². The van der Waals surface area contributed by atoms with E-state index in [0.717, 1.165) is 17.7 Å². The fourth-order valence-electron chi connectivity index (χ4n) is 1.89. The molecular formula is C13H22N2O2S. The standard InChI is InChI=1S/C13H22N2O2S/c1-11-10-12(6-7-14)4-5-13(11)15(2)8-9-18(3,16)17/h4-5,10H,6-9,14H2,1-3H3. The minimum absolute atomic E-state index is 0.174. The fraction of sp³-hybridized carbons (Fsp3) is 0.538. The summed E-state index contributed by atoms with van der Waals surface area (Å²) in [6.07, 6.45) is 2.13. The van der Waals surface area contributed by atoms with Crippen LogP contribution in [0, 0.1) is 6.92 Å². The Balaban J connectivity index is 2.77. The van der Waals surface area contributed by atoms with Gasteiger partial charge in [-0.2, -0.15) is 0 Å². The molecule has 0 aliphatic heterocycles. The SMILES string of the molecule is Cc1cc(CCN)ccc1N(C)CCS(C)(=O)=O. The highest BCUT2D eigenvalue weighted by molar-refractivity contribution is 7.90. The second-order valence-electron chi connectivity index (χ2n) is 4.71. The van der Waals surface area contributed by atoms with Crippen molar-refractivity contribution in [2.45, 2.75) is 13.3 Å². The third-order valence-corrected chi connectivity index (χ3v) is 3.83. The van der Waals surface area contributed by atoms with Gasteiger partial charge in [-0.1, -0.05) is 12.1 Å². The van der Waals surface area contributed by atoms with Gasteiger partial charge in [-0.15, -0.1) is 0 Å². The van der Waals surface area contributed by atoms with E-state index in [1.54, 1.807) is 0 Å². The van der Waals surface area contributed by atoms with Crippen LogP contribution >= 0.6 is 0 Å². The predicted octanol–water partition coefficient (Wildman–Crippen LogP) is 0.977. The number of anilines is 1. The Morgan fingerprint density at radius 3 is 2.50 bits per heavy atom. The third kappa shape index (κ3) is 4.66. The molecule has 0 aliphatic carbocycles. The van der Waals surface area contributed by atoms with Gasteiger partial charge in [0.1, 0.15) is 9.84 Å². The number of sulfone groups is 1. The van der Waals surface area contributed by atoms with Crippen LogP contribution in [-0.4, -0.2) is 40.6 Å². The summed E-state index contributed by atoms with van der Waals surface area (Å²) in [5.41, 5.74) is 8.96. The van der Waals surface area contributed by atoms with E-state index in [-0.39, 0.29) is 5.75 Å². The maximum atomic E-state index is 11.2. The highest BCUT2D eigenvalue weighted by Gasteiger charge is 2.08. The lowest BCUT2D eigenvalue weighted by molar-refractivity contribution is 0.601. The first-order valence-electron chi connectivity index (χ1n) is 6.02. The monoisotopic (exact) mass is 270 g/mol. The Morgan fingerprint density at radius 1 is 1.33 bits per heavy atom. The van der Waals surface area contributed by atoms with E-state index in [2.05, 4.69) is 6.07 Å². The number of rotatable bonds is 6. The van der Waals surface area contributed by atoms with E-state index < -0.39 is 9.84 Å². The van der Waals surface area contributed by atoms with Crippen LogP contribution in [0.1, 0.15) is 11.1 Å². The van der Waals surface area contributed by atoms with Crippen LogP contribution in [0.4, 0.5) is 5.69 Å². The van der Waals surface area contributed by atoms with Crippen molar-refractivity contribution in [1.82, 2.24) is 0 Å². The topological polar surface area (TPSA) is 63.4 Å². The molecule has 0 saturated carbocycles. The first kappa shape index (κ1) is 15.0. The Bertz CT molecular complexity index is 498. The maximum absolute atomic E-state index is 11.2. The quantitative estimate of drug-likeness (QED) is 0.837. The third-order valence-electron chi connectivity index (χ3n) is 2.90. The van der Waals surface area contributed by atoms with Crippen molar-refractivity contribution in [1.29, 1.82) is 0 Å². The Hall–Kier alpha value is -1.07. The molecule has 1 aromatic carbocycles. The van der Waals surface area contributed by atoms with Gasteiger partial charge in [0, 0.05) is 25.5 Å². The number of hydrogen-bond acceptors (Lipinski definition) is 4. The minimum Gasteiger partial charge on any atom is -0.373 e. The summed E-state index contributed by atoms with van der Waals surface area (Å²) in [7, 11) is -1.00. The van der Waals surface area contributed by atoms with Gasteiger partial charge in [0.15, 0.2) is 0 Å². The summed E-state index contributed by atoms with van der Waals surface area (Å²) in [6, 6.07) is 6.19. The lowest BCUT2D eigenvalue weighted by Gasteiger charge is -2.21. The average molecular weight is 270 g/mol. The summed E-state index contributed by atoms with van der Waals surface area (Å²) in [5.74, 6) is 0.174. The van der Waals surface area contributed by atoms with Gasteiger partial charge in [0.05, 0.1) is 5.75 Å². The second kappa shape index (κ2) is 6.20. The van der Waals surface area contributed by atoms with E-state index >= 15 is 0 Å². The number of nitrogens with two attached hydrogens (primary N) is 1. The first-order valence-corrected chi connectivity index (χ1v) is 8.08. The lowest BCUT2D eigenvalue weighted by atomic mass is 10.1. The summed E-state index contributed by atoms with van der Waals surface area (Å²) in [5, 5.41) is 0. The van der Waals surface area contributed by atoms with Crippen LogP contribution in [0.25, 0.3) is 0 Å². The normalized spacial score (nSPS) is 11.6. The molecule has 102 valence electrons. The number of hydrogen-bond donors (Lipinski definition) is 1. The average Bonchev–Trinajstić information content (AvgIpc) is 2.25. The zero-order chi connectivity index (χ0) is 13.8. The van der Waals surface area contributed by atoms with Crippen molar-refractivity contribution in [2.24, 2.45) is 5.73 Å². The molecule has 0 aliphatic rings. The van der Waals surface area contributed by atoms with Gasteiger partial charge in [0.25, 0.3) is 0 Å². The minimum atomic E-state index is -2.92. The van der Waals surface area contributed by atoms with E-state index in [1.807, 2.05) is 31.0 Å². The zero-order valence-corrected chi connectivity index (χ0v) is 12.1. The molecule has 0 bridgehead atoms. The van der Waals surface area contributed by atoms with Crippen molar-refractivity contribution in [3.8, 4) is 0 Å². The van der Waals surface area contributed by atoms with Crippen molar-refractivity contribution in [2.75, 3.05) is 37.0 Å². The molecule has 0 amide bonds. The van der Waals surface area contributed by atoms with E-state index in [9.17, 15) is 8.42 Å². The maximum Gasteiger partial charge on any atom is 0.149 e. The fourth-order valence-corrected chi connectivity index (χ4v) is 2.50. The van der Waals surface area contributed by atoms with Gasteiger partial charge in [-0.25, -0.2) is 8.42 Å². The molecule has 2 N–H and O–H groups in total. The van der Waals surface area contributed by atoms with E-state index in [0.29, 0.717) is 13.1 Å². The predicted molar refractivity (Wildman–Crippen MR) is 76.9 cm³/mol.